The Morgan fingerprint density at radius 3 is 2.72 bits per heavy atom. The average Bonchev–Trinajstić information content (AvgIpc) is 3.12. The Bertz CT molecular complexity index is 1140. The molecular weight excluding hydrogens is 368 g/mol. The number of rotatable bonds is 4. The lowest BCUT2D eigenvalue weighted by Gasteiger charge is -2.24. The Morgan fingerprint density at radius 1 is 1.28 bits per heavy atom. The van der Waals surface area contributed by atoms with Crippen molar-refractivity contribution in [3.8, 4) is 34.7 Å². The van der Waals surface area contributed by atoms with Crippen molar-refractivity contribution in [1.29, 1.82) is 5.26 Å². The highest BCUT2D eigenvalue weighted by atomic mass is 16.5. The Morgan fingerprint density at radius 2 is 2.03 bits per heavy atom. The summed E-state index contributed by atoms with van der Waals surface area (Å²) < 4.78 is 11.2. The Labute approximate surface area is 168 Å². The van der Waals surface area contributed by atoms with E-state index in [9.17, 15) is 10.4 Å². The quantitative estimate of drug-likeness (QED) is 0.627. The third-order valence-corrected chi connectivity index (χ3v) is 4.90. The fourth-order valence-electron chi connectivity index (χ4n) is 3.50. The largest absolute Gasteiger partial charge is 0.504 e. The molecule has 3 aromatic rings. The van der Waals surface area contributed by atoms with Crippen molar-refractivity contribution < 1.29 is 14.6 Å². The zero-order chi connectivity index (χ0) is 20.5. The number of allylic oxidation sites excluding steroid dienone is 1. The number of aromatic nitrogens is 2. The fraction of sp³-hybridized carbons (Fsp3) is 0.182. The molecule has 0 saturated carbocycles. The van der Waals surface area contributed by atoms with Crippen molar-refractivity contribution in [1.82, 2.24) is 10.2 Å². The highest BCUT2D eigenvalue weighted by Crippen LogP contribution is 2.46. The SMILES string of the molecule is CCOc1cc(C2C(C#N)=C(N)Oc3n[nH]c(-c4ccc(C)cc4)c32)ccc1O. The van der Waals surface area contributed by atoms with E-state index in [1.165, 1.54) is 0 Å². The molecule has 0 bridgehead atoms. The summed E-state index contributed by atoms with van der Waals surface area (Å²) in [4.78, 5) is 0. The van der Waals surface area contributed by atoms with E-state index in [1.807, 2.05) is 38.1 Å². The van der Waals surface area contributed by atoms with Crippen LogP contribution in [0.1, 0.15) is 29.5 Å². The van der Waals surface area contributed by atoms with Crippen LogP contribution in [0.3, 0.4) is 0 Å². The van der Waals surface area contributed by atoms with Gasteiger partial charge in [-0.3, -0.25) is 5.10 Å². The van der Waals surface area contributed by atoms with E-state index in [2.05, 4.69) is 16.3 Å². The molecule has 0 radical (unpaired) electrons. The number of aromatic amines is 1. The van der Waals surface area contributed by atoms with Crippen LogP contribution in [-0.4, -0.2) is 21.9 Å². The highest BCUT2D eigenvalue weighted by Gasteiger charge is 2.36. The molecule has 2 heterocycles. The maximum absolute atomic E-state index is 10.1. The van der Waals surface area contributed by atoms with Crippen molar-refractivity contribution in [2.24, 2.45) is 5.73 Å². The number of nitrogens with one attached hydrogen (secondary N) is 1. The van der Waals surface area contributed by atoms with Gasteiger partial charge >= 0.3 is 0 Å². The summed E-state index contributed by atoms with van der Waals surface area (Å²) in [6, 6.07) is 15.2. The number of fused-ring (bicyclic) bond motifs is 1. The highest BCUT2D eigenvalue weighted by molar-refractivity contribution is 5.71. The molecule has 4 N–H and O–H groups in total. The van der Waals surface area contributed by atoms with Crippen LogP contribution in [0, 0.1) is 18.3 Å². The van der Waals surface area contributed by atoms with Gasteiger partial charge in [-0.2, -0.15) is 5.26 Å². The average molecular weight is 388 g/mol. The number of nitrogens with two attached hydrogens (primary N) is 1. The van der Waals surface area contributed by atoms with Crippen LogP contribution < -0.4 is 15.2 Å². The van der Waals surface area contributed by atoms with Gasteiger partial charge in [0.2, 0.25) is 11.8 Å². The van der Waals surface area contributed by atoms with Gasteiger partial charge in [-0.1, -0.05) is 35.9 Å². The van der Waals surface area contributed by atoms with Gasteiger partial charge in [-0.05, 0) is 31.5 Å². The minimum Gasteiger partial charge on any atom is -0.504 e. The zero-order valence-corrected chi connectivity index (χ0v) is 16.1. The molecule has 7 nitrogen and oxygen atoms in total. The second-order valence-corrected chi connectivity index (χ2v) is 6.77. The number of nitrogens with zero attached hydrogens (tertiary/aromatic N) is 2. The molecule has 1 aliphatic heterocycles. The summed E-state index contributed by atoms with van der Waals surface area (Å²) in [5.74, 6) is 0.197. The molecule has 0 spiro atoms. The molecule has 1 unspecified atom stereocenters. The predicted molar refractivity (Wildman–Crippen MR) is 107 cm³/mol. The maximum Gasteiger partial charge on any atom is 0.244 e. The Kier molecular flexibility index (Phi) is 4.61. The number of phenolic OH excluding ortho intramolecular Hbond substituents is 1. The van der Waals surface area contributed by atoms with Gasteiger partial charge in [0, 0.05) is 5.56 Å². The van der Waals surface area contributed by atoms with Crippen molar-refractivity contribution in [3.63, 3.8) is 0 Å². The van der Waals surface area contributed by atoms with Gasteiger partial charge in [0.1, 0.15) is 11.6 Å². The smallest absolute Gasteiger partial charge is 0.244 e. The standard InChI is InChI=1S/C22H20N4O3/c1-3-28-17-10-14(8-9-16(17)27)18-15(11-23)21(24)29-22-19(18)20(25-26-22)13-6-4-12(2)5-7-13/h4-10,18,27H,3,24H2,1-2H3,(H,25,26). The van der Waals surface area contributed by atoms with E-state index in [1.54, 1.807) is 18.2 Å². The van der Waals surface area contributed by atoms with Crippen molar-refractivity contribution in [2.75, 3.05) is 6.61 Å². The molecule has 2 aromatic carbocycles. The number of H-pyrrole nitrogens is 1. The first-order chi connectivity index (χ1) is 14.0. The number of benzene rings is 2. The third-order valence-electron chi connectivity index (χ3n) is 4.90. The van der Waals surface area contributed by atoms with Crippen LogP contribution in [0.15, 0.2) is 53.9 Å². The van der Waals surface area contributed by atoms with E-state index in [-0.39, 0.29) is 17.2 Å². The van der Waals surface area contributed by atoms with Crippen LogP contribution in [0.4, 0.5) is 0 Å². The molecule has 1 aliphatic rings. The lowest BCUT2D eigenvalue weighted by Crippen LogP contribution is -2.21. The van der Waals surface area contributed by atoms with Crippen LogP contribution in [0.2, 0.25) is 0 Å². The van der Waals surface area contributed by atoms with E-state index in [4.69, 9.17) is 15.2 Å². The van der Waals surface area contributed by atoms with E-state index in [0.29, 0.717) is 23.8 Å². The molecule has 1 aromatic heterocycles. The number of hydrogen-bond acceptors (Lipinski definition) is 6. The van der Waals surface area contributed by atoms with E-state index < -0.39 is 5.92 Å². The summed E-state index contributed by atoms with van der Waals surface area (Å²) >= 11 is 0. The summed E-state index contributed by atoms with van der Waals surface area (Å²) in [5.41, 5.74) is 10.6. The third kappa shape index (κ3) is 3.15. The van der Waals surface area contributed by atoms with Gasteiger partial charge in [0.15, 0.2) is 11.5 Å². The van der Waals surface area contributed by atoms with Gasteiger partial charge in [-0.15, -0.1) is 5.10 Å². The number of phenols is 1. The molecule has 4 rings (SSSR count). The van der Waals surface area contributed by atoms with E-state index >= 15 is 0 Å². The zero-order valence-electron chi connectivity index (χ0n) is 16.1. The topological polar surface area (TPSA) is 117 Å². The number of aromatic hydroxyl groups is 1. The molecule has 0 aliphatic carbocycles. The monoisotopic (exact) mass is 388 g/mol. The Hall–Kier alpha value is -3.92. The first kappa shape index (κ1) is 18.4. The van der Waals surface area contributed by atoms with Crippen LogP contribution in [0.25, 0.3) is 11.3 Å². The molecule has 0 fully saturated rings. The molecule has 0 amide bonds. The second kappa shape index (κ2) is 7.24. The number of aryl methyl sites for hydroxylation is 1. The number of nitriles is 1. The minimum atomic E-state index is -0.515. The Balaban J connectivity index is 1.92. The summed E-state index contributed by atoms with van der Waals surface area (Å²) in [7, 11) is 0. The number of hydrogen-bond donors (Lipinski definition) is 3. The van der Waals surface area contributed by atoms with Crippen LogP contribution >= 0.6 is 0 Å². The van der Waals surface area contributed by atoms with E-state index in [0.717, 1.165) is 22.4 Å². The van der Waals surface area contributed by atoms with Crippen molar-refractivity contribution in [3.05, 3.63) is 70.6 Å². The van der Waals surface area contributed by atoms with Crippen LogP contribution in [0.5, 0.6) is 17.4 Å². The van der Waals surface area contributed by atoms with Gasteiger partial charge < -0.3 is 20.3 Å². The fourth-order valence-corrected chi connectivity index (χ4v) is 3.50. The van der Waals surface area contributed by atoms with Crippen molar-refractivity contribution >= 4 is 0 Å². The molecule has 29 heavy (non-hydrogen) atoms. The maximum atomic E-state index is 10.1. The molecule has 7 heteroatoms. The lowest BCUT2D eigenvalue weighted by molar-refractivity contribution is 0.317. The first-order valence-electron chi connectivity index (χ1n) is 9.22. The van der Waals surface area contributed by atoms with Crippen molar-refractivity contribution in [2.45, 2.75) is 19.8 Å². The van der Waals surface area contributed by atoms with Gasteiger partial charge in [0.25, 0.3) is 0 Å². The molecular formula is C22H20N4O3. The first-order valence-corrected chi connectivity index (χ1v) is 9.22. The summed E-state index contributed by atoms with van der Waals surface area (Å²) in [5, 5.41) is 27.2. The number of ether oxygens (including phenoxy) is 2. The summed E-state index contributed by atoms with van der Waals surface area (Å²) in [6.07, 6.45) is 0. The molecule has 1 atom stereocenters. The normalized spacial score (nSPS) is 15.4. The predicted octanol–water partition coefficient (Wildman–Crippen LogP) is 3.71. The lowest BCUT2D eigenvalue weighted by atomic mass is 9.83. The van der Waals surface area contributed by atoms with Gasteiger partial charge in [0.05, 0.1) is 23.8 Å². The second-order valence-electron chi connectivity index (χ2n) is 6.77. The molecule has 0 saturated heterocycles. The van der Waals surface area contributed by atoms with Crippen LogP contribution in [-0.2, 0) is 0 Å². The minimum absolute atomic E-state index is 0.0120. The summed E-state index contributed by atoms with van der Waals surface area (Å²) in [6.45, 7) is 4.25. The molecule has 146 valence electrons. The van der Waals surface area contributed by atoms with Gasteiger partial charge in [-0.25, -0.2) is 0 Å².